The molecule has 6 N–H and O–H groups in total. The number of azo groups is 2. The number of hydrogen-bond acceptors (Lipinski definition) is 14. The van der Waals surface area contributed by atoms with Crippen LogP contribution < -0.4 is 0 Å². The van der Waals surface area contributed by atoms with Gasteiger partial charge in [0.2, 0.25) is 0 Å². The molecular formula is C22H16N4O10S2. The highest BCUT2D eigenvalue weighted by Crippen LogP contribution is 2.51. The van der Waals surface area contributed by atoms with E-state index in [1.165, 1.54) is 42.5 Å². The summed E-state index contributed by atoms with van der Waals surface area (Å²) in [5.74, 6) is -2.19. The Kier molecular flexibility index (Phi) is 7.72. The molecule has 0 radical (unpaired) electrons. The summed E-state index contributed by atoms with van der Waals surface area (Å²) < 4.78 is 38.4. The van der Waals surface area contributed by atoms with Gasteiger partial charge in [-0.3, -0.25) is 4.55 Å². The summed E-state index contributed by atoms with van der Waals surface area (Å²) in [7, 11) is -5.00. The number of benzene rings is 4. The Labute approximate surface area is 217 Å². The second-order valence-corrected chi connectivity index (χ2v) is 9.45. The van der Waals surface area contributed by atoms with E-state index in [2.05, 4.69) is 29.8 Å². The van der Waals surface area contributed by atoms with E-state index < -0.39 is 32.2 Å². The number of fused-ring (bicyclic) bond motifs is 1. The van der Waals surface area contributed by atoms with Crippen LogP contribution in [0.15, 0.2) is 90.9 Å². The van der Waals surface area contributed by atoms with Crippen molar-refractivity contribution < 1.29 is 48.0 Å². The van der Waals surface area contributed by atoms with Gasteiger partial charge in [0.05, 0.1) is 22.3 Å². The van der Waals surface area contributed by atoms with E-state index in [9.17, 15) is 33.4 Å². The number of phenolic OH excluding ortho intramolecular Hbond substituents is 4. The molecule has 0 bridgehead atoms. The normalized spacial score (nSPS) is 12.2. The monoisotopic (exact) mass is 560 g/mol. The van der Waals surface area contributed by atoms with Crippen molar-refractivity contribution in [2.75, 3.05) is 0 Å². The van der Waals surface area contributed by atoms with Crippen LogP contribution in [0.4, 0.5) is 22.7 Å². The van der Waals surface area contributed by atoms with E-state index in [0.717, 1.165) is 6.07 Å². The van der Waals surface area contributed by atoms with Gasteiger partial charge in [0.15, 0.2) is 11.5 Å². The summed E-state index contributed by atoms with van der Waals surface area (Å²) in [5, 5.41) is 68.7. The predicted octanol–water partition coefficient (Wildman–Crippen LogP) is 6.17. The summed E-state index contributed by atoms with van der Waals surface area (Å²) in [4.78, 5) is -0.965. The Hall–Kier alpha value is -4.32. The molecule has 0 heterocycles. The lowest BCUT2D eigenvalue weighted by Crippen LogP contribution is -1.99. The van der Waals surface area contributed by atoms with E-state index in [4.69, 9.17) is 5.26 Å². The highest BCUT2D eigenvalue weighted by molar-refractivity contribution is 7.94. The average Bonchev–Trinajstić information content (AvgIpc) is 2.87. The minimum Gasteiger partial charge on any atom is -0.506 e. The molecule has 0 amide bonds. The first-order valence-corrected chi connectivity index (χ1v) is 12.4. The molecule has 0 saturated heterocycles. The second kappa shape index (κ2) is 11.0. The number of rotatable bonds is 8. The molecule has 38 heavy (non-hydrogen) atoms. The molecule has 196 valence electrons. The Morgan fingerprint density at radius 1 is 0.737 bits per heavy atom. The number of nitrogens with zero attached hydrogens (tertiary/aromatic N) is 4. The van der Waals surface area contributed by atoms with Crippen LogP contribution in [0.25, 0.3) is 10.8 Å². The third kappa shape index (κ3) is 5.49. The van der Waals surface area contributed by atoms with Crippen LogP contribution >= 0.6 is 12.0 Å². The van der Waals surface area contributed by atoms with Gasteiger partial charge in [0.25, 0.3) is 10.1 Å². The van der Waals surface area contributed by atoms with Crippen LogP contribution in [0, 0.1) is 0 Å². The molecule has 4 aromatic carbocycles. The Bertz CT molecular complexity index is 1690. The molecular weight excluding hydrogens is 544 g/mol. The van der Waals surface area contributed by atoms with Crippen LogP contribution in [-0.4, -0.2) is 38.7 Å². The van der Waals surface area contributed by atoms with Gasteiger partial charge in [-0.25, -0.2) is 5.26 Å². The number of aromatic hydroxyl groups is 4. The van der Waals surface area contributed by atoms with Crippen molar-refractivity contribution >= 4 is 55.7 Å². The van der Waals surface area contributed by atoms with Gasteiger partial charge in [0.1, 0.15) is 39.1 Å². The van der Waals surface area contributed by atoms with Crippen LogP contribution in [0.1, 0.15) is 0 Å². The topological polar surface area (TPSA) is 223 Å². The largest absolute Gasteiger partial charge is 0.506 e. The quantitative estimate of drug-likeness (QED) is 0.0470. The van der Waals surface area contributed by atoms with Crippen molar-refractivity contribution in [3.05, 3.63) is 60.7 Å². The van der Waals surface area contributed by atoms with Crippen LogP contribution in [0.3, 0.4) is 0 Å². The Morgan fingerprint density at radius 2 is 1.26 bits per heavy atom. The van der Waals surface area contributed by atoms with Crippen molar-refractivity contribution in [1.82, 2.24) is 0 Å². The molecule has 0 fully saturated rings. The van der Waals surface area contributed by atoms with Gasteiger partial charge in [-0.05, 0) is 41.8 Å². The van der Waals surface area contributed by atoms with Gasteiger partial charge in [-0.15, -0.1) is 24.8 Å². The predicted molar refractivity (Wildman–Crippen MR) is 132 cm³/mol. The van der Waals surface area contributed by atoms with Crippen LogP contribution in [0.2, 0.25) is 0 Å². The Morgan fingerprint density at radius 3 is 1.79 bits per heavy atom. The average molecular weight is 561 g/mol. The fraction of sp³-hybridized carbons (Fsp3) is 0. The molecule has 0 aliphatic rings. The lowest BCUT2D eigenvalue weighted by molar-refractivity contribution is -0.432. The minimum absolute atomic E-state index is 0.0189. The number of hydrogen-bond donors (Lipinski definition) is 6. The maximum Gasteiger partial charge on any atom is 0.296 e. The van der Waals surface area contributed by atoms with Crippen LogP contribution in [0.5, 0.6) is 23.0 Å². The summed E-state index contributed by atoms with van der Waals surface area (Å²) in [6.45, 7) is 0. The van der Waals surface area contributed by atoms with E-state index in [-0.39, 0.29) is 44.2 Å². The SMILES string of the molecule is O=S(=O)(O)c1cc2cc(SOOO)c(/N=N/c3ccccc3O)c(O)c2c(O)c1/N=N/c1ccccc1O. The van der Waals surface area contributed by atoms with Crippen LogP contribution in [-0.2, 0) is 19.5 Å². The van der Waals surface area contributed by atoms with Crippen molar-refractivity contribution in [2.45, 2.75) is 9.79 Å². The molecule has 16 heteroatoms. The molecule has 0 spiro atoms. The molecule has 4 aromatic rings. The standard InChI is InChI=1S/C22H16N4O10S2/c27-14-7-3-1-5-12(14)23-25-19-16(37-36-35-31)9-11-10-17(38(32,33)34)20(22(30)18(11)21(19)29)26-24-13-6-2-4-8-15(13)28/h1-10,27-31H,(H,32,33,34)/b25-23+,26-24+. The molecule has 4 rings (SSSR count). The van der Waals surface area contributed by atoms with Crippen molar-refractivity contribution in [1.29, 1.82) is 0 Å². The third-order valence-electron chi connectivity index (χ3n) is 4.96. The summed E-state index contributed by atoms with van der Waals surface area (Å²) in [6, 6.07) is 13.6. The smallest absolute Gasteiger partial charge is 0.296 e. The fourth-order valence-corrected chi connectivity index (χ4v) is 4.42. The first-order valence-electron chi connectivity index (χ1n) is 10.2. The highest BCUT2D eigenvalue weighted by Gasteiger charge is 2.26. The number of para-hydroxylation sites is 2. The molecule has 0 aromatic heterocycles. The van der Waals surface area contributed by atoms with Gasteiger partial charge in [-0.1, -0.05) is 29.3 Å². The van der Waals surface area contributed by atoms with Crippen molar-refractivity contribution in [3.63, 3.8) is 0 Å². The molecule has 0 aliphatic heterocycles. The third-order valence-corrected chi connectivity index (χ3v) is 6.45. The molecule has 14 nitrogen and oxygen atoms in total. The summed E-state index contributed by atoms with van der Waals surface area (Å²) >= 11 is 0.336. The summed E-state index contributed by atoms with van der Waals surface area (Å²) in [6.07, 6.45) is 0. The molecule has 0 atom stereocenters. The van der Waals surface area contributed by atoms with E-state index in [0.29, 0.717) is 12.0 Å². The lowest BCUT2D eigenvalue weighted by atomic mass is 10.1. The zero-order valence-corrected chi connectivity index (χ0v) is 20.3. The first kappa shape index (κ1) is 26.7. The van der Waals surface area contributed by atoms with Crippen molar-refractivity contribution in [2.24, 2.45) is 20.5 Å². The van der Waals surface area contributed by atoms with Gasteiger partial charge in [0, 0.05) is 0 Å². The lowest BCUT2D eigenvalue weighted by Gasteiger charge is -2.13. The molecule has 0 saturated carbocycles. The van der Waals surface area contributed by atoms with Gasteiger partial charge in [-0.2, -0.15) is 8.42 Å². The fourth-order valence-electron chi connectivity index (χ4n) is 3.27. The van der Waals surface area contributed by atoms with E-state index in [1.807, 2.05) is 0 Å². The maximum atomic E-state index is 12.1. The Balaban J connectivity index is 1.98. The molecule has 0 aliphatic carbocycles. The van der Waals surface area contributed by atoms with E-state index in [1.54, 1.807) is 12.1 Å². The zero-order chi connectivity index (χ0) is 27.4. The minimum atomic E-state index is -5.00. The highest BCUT2D eigenvalue weighted by atomic mass is 32.2. The summed E-state index contributed by atoms with van der Waals surface area (Å²) in [5.41, 5.74) is -1.16. The maximum absolute atomic E-state index is 12.1. The second-order valence-electron chi connectivity index (χ2n) is 7.32. The van der Waals surface area contributed by atoms with Crippen molar-refractivity contribution in [3.8, 4) is 23.0 Å². The first-order chi connectivity index (χ1) is 18.1. The molecule has 0 unspecified atom stereocenters. The van der Waals surface area contributed by atoms with Gasteiger partial charge >= 0.3 is 0 Å². The zero-order valence-electron chi connectivity index (χ0n) is 18.7. The number of phenols is 4. The van der Waals surface area contributed by atoms with Gasteiger partial charge < -0.3 is 20.4 Å². The van der Waals surface area contributed by atoms with E-state index >= 15 is 0 Å².